The van der Waals surface area contributed by atoms with Gasteiger partial charge in [-0.1, -0.05) is 13.3 Å². The summed E-state index contributed by atoms with van der Waals surface area (Å²) in [4.78, 5) is 4.29. The number of nitrogens with zero attached hydrogens (tertiary/aromatic N) is 2. The average Bonchev–Trinajstić information content (AvgIpc) is 2.59. The van der Waals surface area contributed by atoms with E-state index in [0.29, 0.717) is 0 Å². The van der Waals surface area contributed by atoms with Crippen molar-refractivity contribution < 1.29 is 5.11 Å². The van der Waals surface area contributed by atoms with Gasteiger partial charge in [0, 0.05) is 32.0 Å². The van der Waals surface area contributed by atoms with Crippen LogP contribution in [0.5, 0.6) is 0 Å². The van der Waals surface area contributed by atoms with E-state index in [4.69, 9.17) is 5.11 Å². The fourth-order valence-electron chi connectivity index (χ4n) is 1.35. The summed E-state index contributed by atoms with van der Waals surface area (Å²) in [7, 11) is 0. The molecule has 1 aromatic rings. The van der Waals surface area contributed by atoms with Crippen molar-refractivity contribution in [2.24, 2.45) is 0 Å². The van der Waals surface area contributed by atoms with Gasteiger partial charge in [-0.3, -0.25) is 0 Å². The fraction of sp³-hybridized carbons (Fsp3) is 0.700. The lowest BCUT2D eigenvalue weighted by Crippen LogP contribution is -2.04. The Morgan fingerprint density at radius 1 is 1.46 bits per heavy atom. The van der Waals surface area contributed by atoms with Gasteiger partial charge >= 0.3 is 0 Å². The molecule has 1 aromatic heterocycles. The van der Waals surface area contributed by atoms with Gasteiger partial charge in [-0.25, -0.2) is 4.98 Å². The summed E-state index contributed by atoms with van der Waals surface area (Å²) in [5, 5.41) is 8.70. The minimum atomic E-state index is 0.255. The molecule has 1 rings (SSSR count). The number of aromatic nitrogens is 2. The SMILES string of the molecule is CCCCc1nccn1CCCO. The van der Waals surface area contributed by atoms with Gasteiger partial charge in [0.1, 0.15) is 5.82 Å². The molecule has 0 aliphatic heterocycles. The maximum absolute atomic E-state index is 8.70. The number of aryl methyl sites for hydroxylation is 2. The normalized spacial score (nSPS) is 10.6. The number of hydrogen-bond donors (Lipinski definition) is 1. The highest BCUT2D eigenvalue weighted by Crippen LogP contribution is 2.03. The van der Waals surface area contributed by atoms with Crippen LogP contribution in [0.4, 0.5) is 0 Å². The molecule has 3 heteroatoms. The molecule has 0 unspecified atom stereocenters. The second-order valence-corrected chi connectivity index (χ2v) is 3.22. The van der Waals surface area contributed by atoms with E-state index >= 15 is 0 Å². The van der Waals surface area contributed by atoms with Gasteiger partial charge < -0.3 is 9.67 Å². The molecule has 74 valence electrons. The van der Waals surface area contributed by atoms with Gasteiger partial charge in [-0.15, -0.1) is 0 Å². The molecule has 3 nitrogen and oxygen atoms in total. The third-order valence-corrected chi connectivity index (χ3v) is 2.11. The predicted octanol–water partition coefficient (Wildman–Crippen LogP) is 1.61. The first kappa shape index (κ1) is 10.3. The van der Waals surface area contributed by atoms with E-state index in [1.807, 2.05) is 12.4 Å². The van der Waals surface area contributed by atoms with E-state index < -0.39 is 0 Å². The minimum Gasteiger partial charge on any atom is -0.396 e. The number of aliphatic hydroxyl groups is 1. The number of hydrogen-bond acceptors (Lipinski definition) is 2. The zero-order valence-electron chi connectivity index (χ0n) is 8.24. The Bertz CT molecular complexity index is 210. The lowest BCUT2D eigenvalue weighted by molar-refractivity contribution is 0.279. The third kappa shape index (κ3) is 3.19. The Hall–Kier alpha value is -0.830. The fourth-order valence-corrected chi connectivity index (χ4v) is 1.35. The van der Waals surface area contributed by atoms with Crippen molar-refractivity contribution in [3.8, 4) is 0 Å². The summed E-state index contributed by atoms with van der Waals surface area (Å²) in [5.41, 5.74) is 0. The van der Waals surface area contributed by atoms with Crippen molar-refractivity contribution in [2.75, 3.05) is 6.61 Å². The quantitative estimate of drug-likeness (QED) is 0.725. The van der Waals surface area contributed by atoms with Crippen LogP contribution in [0.25, 0.3) is 0 Å². The van der Waals surface area contributed by atoms with Crippen molar-refractivity contribution in [1.82, 2.24) is 9.55 Å². The molecule has 0 saturated heterocycles. The molecule has 0 atom stereocenters. The van der Waals surface area contributed by atoms with Crippen molar-refractivity contribution in [2.45, 2.75) is 39.2 Å². The first-order chi connectivity index (χ1) is 6.38. The van der Waals surface area contributed by atoms with E-state index in [2.05, 4.69) is 16.5 Å². The summed E-state index contributed by atoms with van der Waals surface area (Å²) in [6.45, 7) is 3.32. The van der Waals surface area contributed by atoms with Crippen LogP contribution in [0.15, 0.2) is 12.4 Å². The molecule has 0 aliphatic rings. The van der Waals surface area contributed by atoms with Crippen molar-refractivity contribution in [1.29, 1.82) is 0 Å². The van der Waals surface area contributed by atoms with Gasteiger partial charge in [0.05, 0.1) is 0 Å². The molecule has 1 heterocycles. The average molecular weight is 182 g/mol. The number of unbranched alkanes of at least 4 members (excludes halogenated alkanes) is 1. The van der Waals surface area contributed by atoms with Crippen LogP contribution >= 0.6 is 0 Å². The van der Waals surface area contributed by atoms with Crippen LogP contribution in [-0.4, -0.2) is 21.3 Å². The van der Waals surface area contributed by atoms with Gasteiger partial charge in [0.2, 0.25) is 0 Å². The maximum atomic E-state index is 8.70. The first-order valence-corrected chi connectivity index (χ1v) is 4.99. The molecule has 0 bridgehead atoms. The molecule has 0 aromatic carbocycles. The van der Waals surface area contributed by atoms with Crippen LogP contribution in [0, 0.1) is 0 Å². The molecular weight excluding hydrogens is 164 g/mol. The summed E-state index contributed by atoms with van der Waals surface area (Å²) >= 11 is 0. The molecule has 0 amide bonds. The Balaban J connectivity index is 2.45. The minimum absolute atomic E-state index is 0.255. The molecule has 1 N–H and O–H groups in total. The zero-order valence-corrected chi connectivity index (χ0v) is 8.24. The van der Waals surface area contributed by atoms with Crippen LogP contribution in [0.1, 0.15) is 32.0 Å². The van der Waals surface area contributed by atoms with E-state index in [1.54, 1.807) is 0 Å². The highest BCUT2D eigenvalue weighted by Gasteiger charge is 2.00. The van der Waals surface area contributed by atoms with Gasteiger partial charge in [0.25, 0.3) is 0 Å². The molecule has 0 saturated carbocycles. The summed E-state index contributed by atoms with van der Waals surface area (Å²) in [5.74, 6) is 1.15. The molecular formula is C10H18N2O. The second-order valence-electron chi connectivity index (χ2n) is 3.22. The van der Waals surface area contributed by atoms with Crippen molar-refractivity contribution in [3.05, 3.63) is 18.2 Å². The van der Waals surface area contributed by atoms with E-state index in [-0.39, 0.29) is 6.61 Å². The van der Waals surface area contributed by atoms with Crippen LogP contribution in [0.2, 0.25) is 0 Å². The predicted molar refractivity (Wildman–Crippen MR) is 52.5 cm³/mol. The van der Waals surface area contributed by atoms with E-state index in [9.17, 15) is 0 Å². The van der Waals surface area contributed by atoms with Crippen LogP contribution in [0.3, 0.4) is 0 Å². The second kappa shape index (κ2) is 5.75. The topological polar surface area (TPSA) is 38.0 Å². The summed E-state index contributed by atoms with van der Waals surface area (Å²) in [6, 6.07) is 0. The summed E-state index contributed by atoms with van der Waals surface area (Å²) in [6.07, 6.45) is 8.08. The Kier molecular flexibility index (Phi) is 4.54. The first-order valence-electron chi connectivity index (χ1n) is 4.99. The van der Waals surface area contributed by atoms with Gasteiger partial charge in [0.15, 0.2) is 0 Å². The van der Waals surface area contributed by atoms with Crippen molar-refractivity contribution >= 4 is 0 Å². The molecule has 0 fully saturated rings. The number of imidazole rings is 1. The molecule has 13 heavy (non-hydrogen) atoms. The lowest BCUT2D eigenvalue weighted by atomic mass is 10.2. The Morgan fingerprint density at radius 3 is 3.00 bits per heavy atom. The third-order valence-electron chi connectivity index (χ3n) is 2.11. The van der Waals surface area contributed by atoms with Gasteiger partial charge in [-0.05, 0) is 12.8 Å². The smallest absolute Gasteiger partial charge is 0.108 e. The lowest BCUT2D eigenvalue weighted by Gasteiger charge is -2.05. The van der Waals surface area contributed by atoms with Crippen molar-refractivity contribution in [3.63, 3.8) is 0 Å². The number of aliphatic hydroxyl groups excluding tert-OH is 1. The van der Waals surface area contributed by atoms with E-state index in [0.717, 1.165) is 25.2 Å². The molecule has 0 radical (unpaired) electrons. The monoisotopic (exact) mass is 182 g/mol. The zero-order chi connectivity index (χ0) is 9.52. The van der Waals surface area contributed by atoms with E-state index in [1.165, 1.54) is 12.8 Å². The Labute approximate surface area is 79.4 Å². The largest absolute Gasteiger partial charge is 0.396 e. The maximum Gasteiger partial charge on any atom is 0.108 e. The molecule has 0 aliphatic carbocycles. The standard InChI is InChI=1S/C10H18N2O/c1-2-3-5-10-11-6-8-12(10)7-4-9-13/h6,8,13H,2-5,7,9H2,1H3. The van der Waals surface area contributed by atoms with Gasteiger partial charge in [-0.2, -0.15) is 0 Å². The Morgan fingerprint density at radius 2 is 2.31 bits per heavy atom. The van der Waals surface area contributed by atoms with Crippen LogP contribution < -0.4 is 0 Å². The summed E-state index contributed by atoms with van der Waals surface area (Å²) < 4.78 is 2.13. The highest BCUT2D eigenvalue weighted by atomic mass is 16.3. The number of rotatable bonds is 6. The van der Waals surface area contributed by atoms with Crippen LogP contribution in [-0.2, 0) is 13.0 Å². The highest BCUT2D eigenvalue weighted by molar-refractivity contribution is 4.92. The molecule has 0 spiro atoms.